The lowest BCUT2D eigenvalue weighted by atomic mass is 9.87. The normalized spacial score (nSPS) is 12.9. The molecule has 8 heteroatoms. The van der Waals surface area contributed by atoms with E-state index < -0.39 is 0 Å². The molecule has 0 atom stereocenters. The van der Waals surface area contributed by atoms with Gasteiger partial charge < -0.3 is 9.74 Å². The second kappa shape index (κ2) is 10.6. The topological polar surface area (TPSA) is 67.5 Å². The number of anilines is 1. The zero-order chi connectivity index (χ0) is 27.0. The predicted octanol–water partition coefficient (Wildman–Crippen LogP) is 3.99. The van der Waals surface area contributed by atoms with Crippen LogP contribution in [0.5, 0.6) is 0 Å². The highest BCUT2D eigenvalue weighted by atomic mass is 35.5. The minimum atomic E-state index is -0.255. The maximum Gasteiger partial charge on any atom is 0.398 e. The summed E-state index contributed by atoms with van der Waals surface area (Å²) in [6.45, 7) is 11.7. The van der Waals surface area contributed by atoms with E-state index in [2.05, 4.69) is 26.1 Å². The van der Waals surface area contributed by atoms with Gasteiger partial charge in [0.15, 0.2) is 0 Å². The molecule has 7 nitrogen and oxygen atoms in total. The second-order valence-electron chi connectivity index (χ2n) is 9.75. The summed E-state index contributed by atoms with van der Waals surface area (Å²) in [5.74, 6) is 0.531. The van der Waals surface area contributed by atoms with Gasteiger partial charge in [0, 0.05) is 23.6 Å². The van der Waals surface area contributed by atoms with E-state index in [1.807, 2.05) is 49.7 Å². The number of hydrogen-bond acceptors (Lipinski definition) is 4. The number of aromatic nitrogens is 2. The van der Waals surface area contributed by atoms with Gasteiger partial charge in [0.25, 0.3) is 5.91 Å². The van der Waals surface area contributed by atoms with Crippen molar-refractivity contribution < 1.29 is 14.2 Å². The third kappa shape index (κ3) is 4.73. The Morgan fingerprint density at radius 1 is 1.08 bits per heavy atom. The summed E-state index contributed by atoms with van der Waals surface area (Å²) in [6, 6.07) is 7.55. The van der Waals surface area contributed by atoms with Gasteiger partial charge in [-0.1, -0.05) is 30.7 Å². The molecule has 2 aromatic carbocycles. The van der Waals surface area contributed by atoms with Crippen molar-refractivity contribution in [1.82, 2.24) is 9.63 Å². The van der Waals surface area contributed by atoms with E-state index in [9.17, 15) is 9.59 Å². The Morgan fingerprint density at radius 3 is 2.38 bits per heavy atom. The zero-order valence-corrected chi connectivity index (χ0v) is 23.5. The van der Waals surface area contributed by atoms with Gasteiger partial charge in [0.05, 0.1) is 31.4 Å². The number of halogens is 1. The number of benzene rings is 2. The summed E-state index contributed by atoms with van der Waals surface area (Å²) in [6.07, 6.45) is 1.46. The highest BCUT2D eigenvalue weighted by Crippen LogP contribution is 2.29. The first-order valence-corrected chi connectivity index (χ1v) is 13.1. The van der Waals surface area contributed by atoms with Gasteiger partial charge in [-0.05, 0) is 84.4 Å². The highest BCUT2D eigenvalue weighted by molar-refractivity contribution is 6.30. The van der Waals surface area contributed by atoms with Crippen LogP contribution in [0.4, 0.5) is 5.95 Å². The number of rotatable bonds is 6. The molecule has 0 aliphatic carbocycles. The van der Waals surface area contributed by atoms with E-state index in [0.29, 0.717) is 36.0 Å². The molecule has 37 heavy (non-hydrogen) atoms. The standard InChI is InChI=1S/C29H35ClN4O3/c1-8-23-18(3)17(2)19(4)26(20(23)5)28(36)33-14-13-25-24(16-33)27(35)34(37-7)29(32(25)6)31-15-21-9-11-22(30)12-10-21/h9-12H,8,13-16H2,1-7H3/p+1. The molecule has 1 aliphatic heterocycles. The molecule has 1 amide bonds. The number of nitrogens with one attached hydrogen (secondary N) is 1. The fraction of sp³-hybridized carbons (Fsp3) is 0.414. The smallest absolute Gasteiger partial charge is 0.357 e. The molecule has 4 rings (SSSR count). The van der Waals surface area contributed by atoms with Crippen molar-refractivity contribution in [3.63, 3.8) is 0 Å². The molecule has 3 aromatic rings. The van der Waals surface area contributed by atoms with Crippen LogP contribution in [0.25, 0.3) is 0 Å². The molecular formula is C29H36ClN4O3+. The number of nitrogens with zero attached hydrogens (tertiary/aromatic N) is 3. The maximum absolute atomic E-state index is 13.8. The van der Waals surface area contributed by atoms with E-state index in [1.165, 1.54) is 23.0 Å². The van der Waals surface area contributed by atoms with Gasteiger partial charge in [0.1, 0.15) is 7.11 Å². The molecule has 0 saturated heterocycles. The van der Waals surface area contributed by atoms with E-state index in [-0.39, 0.29) is 18.0 Å². The first-order valence-electron chi connectivity index (χ1n) is 12.7. The van der Waals surface area contributed by atoms with E-state index in [4.69, 9.17) is 16.4 Å². The Morgan fingerprint density at radius 2 is 1.76 bits per heavy atom. The molecule has 1 N–H and O–H groups in total. The Labute approximate surface area is 223 Å². The summed E-state index contributed by atoms with van der Waals surface area (Å²) in [7, 11) is 3.39. The molecule has 0 bridgehead atoms. The van der Waals surface area contributed by atoms with Crippen LogP contribution in [0.15, 0.2) is 29.1 Å². The largest absolute Gasteiger partial charge is 0.398 e. The van der Waals surface area contributed by atoms with Crippen molar-refractivity contribution in [3.8, 4) is 0 Å². The third-order valence-electron chi connectivity index (χ3n) is 7.85. The zero-order valence-electron chi connectivity index (χ0n) is 22.8. The van der Waals surface area contributed by atoms with Gasteiger partial charge in [-0.25, -0.2) is 9.36 Å². The van der Waals surface area contributed by atoms with Gasteiger partial charge >= 0.3 is 11.5 Å². The lowest BCUT2D eigenvalue weighted by molar-refractivity contribution is -0.671. The fourth-order valence-corrected chi connectivity index (χ4v) is 5.66. The van der Waals surface area contributed by atoms with Crippen LogP contribution in [-0.4, -0.2) is 29.2 Å². The van der Waals surface area contributed by atoms with Crippen LogP contribution >= 0.6 is 11.6 Å². The van der Waals surface area contributed by atoms with Crippen molar-refractivity contribution >= 4 is 23.5 Å². The number of carbonyl (C=O) groups is 1. The van der Waals surface area contributed by atoms with E-state index in [0.717, 1.165) is 39.9 Å². The number of carbonyl (C=O) groups excluding carboxylic acids is 1. The summed E-state index contributed by atoms with van der Waals surface area (Å²) in [5, 5.41) is 4.01. The van der Waals surface area contributed by atoms with Gasteiger partial charge in [-0.2, -0.15) is 0 Å². The van der Waals surface area contributed by atoms with Gasteiger partial charge in [-0.3, -0.25) is 10.1 Å². The van der Waals surface area contributed by atoms with Gasteiger partial charge in [0.2, 0.25) is 0 Å². The summed E-state index contributed by atoms with van der Waals surface area (Å²) >= 11 is 6.00. The summed E-state index contributed by atoms with van der Waals surface area (Å²) in [5.41, 5.74) is 8.73. The molecule has 0 radical (unpaired) electrons. The van der Waals surface area contributed by atoms with Crippen LogP contribution in [0.1, 0.15) is 61.9 Å². The Kier molecular flexibility index (Phi) is 7.64. The highest BCUT2D eigenvalue weighted by Gasteiger charge is 2.33. The van der Waals surface area contributed by atoms with Gasteiger partial charge in [-0.15, -0.1) is 0 Å². The monoisotopic (exact) mass is 523 g/mol. The second-order valence-corrected chi connectivity index (χ2v) is 10.2. The van der Waals surface area contributed by atoms with Crippen LogP contribution in [-0.2, 0) is 33.0 Å². The first kappa shape index (κ1) is 26.7. The van der Waals surface area contributed by atoms with Crippen molar-refractivity contribution in [2.24, 2.45) is 7.05 Å². The fourth-order valence-electron chi connectivity index (χ4n) is 5.53. The molecule has 0 spiro atoms. The molecule has 1 aliphatic rings. The summed E-state index contributed by atoms with van der Waals surface area (Å²) in [4.78, 5) is 34.7. The Hall–Kier alpha value is -3.32. The Bertz CT molecular complexity index is 1430. The minimum absolute atomic E-state index is 0.0191. The molecule has 196 valence electrons. The van der Waals surface area contributed by atoms with Crippen LogP contribution in [0, 0.1) is 27.7 Å². The minimum Gasteiger partial charge on any atom is -0.357 e. The van der Waals surface area contributed by atoms with Crippen LogP contribution < -0.4 is 20.3 Å². The molecule has 2 heterocycles. The average Bonchev–Trinajstić information content (AvgIpc) is 2.89. The number of fused-ring (bicyclic) bond motifs is 1. The quantitative estimate of drug-likeness (QED) is 0.496. The molecule has 0 saturated carbocycles. The molecule has 1 aromatic heterocycles. The number of hydrogen-bond donors (Lipinski definition) is 1. The molecular weight excluding hydrogens is 488 g/mol. The van der Waals surface area contributed by atoms with Crippen molar-refractivity contribution in [1.29, 1.82) is 0 Å². The maximum atomic E-state index is 13.8. The molecule has 0 unspecified atom stereocenters. The summed E-state index contributed by atoms with van der Waals surface area (Å²) < 4.78 is 3.23. The predicted molar refractivity (Wildman–Crippen MR) is 146 cm³/mol. The van der Waals surface area contributed by atoms with Crippen LogP contribution in [0.3, 0.4) is 0 Å². The van der Waals surface area contributed by atoms with E-state index >= 15 is 0 Å². The van der Waals surface area contributed by atoms with Crippen molar-refractivity contribution in [3.05, 3.63) is 89.8 Å². The first-order chi connectivity index (χ1) is 17.6. The van der Waals surface area contributed by atoms with E-state index in [1.54, 1.807) is 4.90 Å². The SMILES string of the molecule is CCc1c(C)c(C)c(C)c(C(=O)N2CCc3c(c(=O)n(OC)c(NCc4ccc(Cl)cc4)[n+]3C)C2)c1C. The van der Waals surface area contributed by atoms with Crippen molar-refractivity contribution in [2.45, 2.75) is 60.5 Å². The lowest BCUT2D eigenvalue weighted by Crippen LogP contribution is -2.52. The average molecular weight is 524 g/mol. The number of amides is 1. The molecule has 0 fully saturated rings. The lowest BCUT2D eigenvalue weighted by Gasteiger charge is -2.30. The Balaban J connectivity index is 1.68. The third-order valence-corrected chi connectivity index (χ3v) is 8.11. The van der Waals surface area contributed by atoms with Crippen molar-refractivity contribution in [2.75, 3.05) is 19.0 Å². The van der Waals surface area contributed by atoms with Crippen LogP contribution in [0.2, 0.25) is 5.02 Å².